The Kier molecular flexibility index (Phi) is 5.87. The molecule has 0 unspecified atom stereocenters. The highest BCUT2D eigenvalue weighted by molar-refractivity contribution is 6.07. The van der Waals surface area contributed by atoms with Crippen LogP contribution in [-0.4, -0.2) is 11.6 Å². The predicted molar refractivity (Wildman–Crippen MR) is 105 cm³/mol. The Bertz CT molecular complexity index is 878. The van der Waals surface area contributed by atoms with E-state index in [1.54, 1.807) is 31.2 Å². The largest absolute Gasteiger partial charge is 0.397 e. The minimum absolute atomic E-state index is 0.102. The number of Topliss-reactive ketones (excluding diaryl/α,β-unsaturated/α-hetero) is 2. The zero-order valence-electron chi connectivity index (χ0n) is 15.6. The van der Waals surface area contributed by atoms with E-state index in [1.807, 2.05) is 20.8 Å². The molecule has 2 rings (SSSR count). The minimum atomic E-state index is -0.139. The Balaban J connectivity index is 2.47. The van der Waals surface area contributed by atoms with Crippen molar-refractivity contribution in [2.24, 2.45) is 10.2 Å². The first kappa shape index (κ1) is 19.3. The maximum atomic E-state index is 12.2. The smallest absolute Gasteiger partial charge is 0.166 e. The fourth-order valence-corrected chi connectivity index (χ4v) is 2.90. The lowest BCUT2D eigenvalue weighted by Crippen LogP contribution is -2.05. The van der Waals surface area contributed by atoms with E-state index < -0.39 is 0 Å². The molecule has 0 spiro atoms. The number of anilines is 2. The summed E-state index contributed by atoms with van der Waals surface area (Å²) < 4.78 is 0. The molecule has 4 N–H and O–H groups in total. The molecular formula is C20H24N4O2. The number of nitrogen functional groups attached to an aromatic ring is 2. The number of hydrogen-bond acceptors (Lipinski definition) is 6. The number of carbonyl (C=O) groups excluding carboxylic acids is 2. The van der Waals surface area contributed by atoms with Crippen LogP contribution in [0.25, 0.3) is 0 Å². The normalized spacial score (nSPS) is 11.1. The Morgan fingerprint density at radius 1 is 0.885 bits per heavy atom. The van der Waals surface area contributed by atoms with Crippen molar-refractivity contribution in [3.63, 3.8) is 0 Å². The Morgan fingerprint density at radius 3 is 1.96 bits per heavy atom. The van der Waals surface area contributed by atoms with Gasteiger partial charge in [-0.15, -0.1) is 5.11 Å². The summed E-state index contributed by atoms with van der Waals surface area (Å²) in [6, 6.07) is 6.85. The van der Waals surface area contributed by atoms with E-state index in [1.165, 1.54) is 0 Å². The number of ketones is 2. The van der Waals surface area contributed by atoms with Gasteiger partial charge in [0.15, 0.2) is 11.6 Å². The molecule has 0 bridgehead atoms. The van der Waals surface area contributed by atoms with Crippen molar-refractivity contribution in [3.8, 4) is 0 Å². The average Bonchev–Trinajstić information content (AvgIpc) is 2.61. The van der Waals surface area contributed by atoms with Crippen molar-refractivity contribution < 1.29 is 9.59 Å². The van der Waals surface area contributed by atoms with Gasteiger partial charge in [0, 0.05) is 18.4 Å². The number of aryl methyl sites for hydroxylation is 2. The molecule has 0 saturated heterocycles. The second-order valence-electron chi connectivity index (χ2n) is 6.17. The van der Waals surface area contributed by atoms with E-state index in [2.05, 4.69) is 10.2 Å². The fourth-order valence-electron chi connectivity index (χ4n) is 2.90. The third-order valence-electron chi connectivity index (χ3n) is 4.25. The van der Waals surface area contributed by atoms with Crippen LogP contribution in [0.5, 0.6) is 0 Å². The number of azo groups is 1. The van der Waals surface area contributed by atoms with Crippen LogP contribution in [0.3, 0.4) is 0 Å². The Labute approximate surface area is 153 Å². The summed E-state index contributed by atoms with van der Waals surface area (Å²) in [5, 5.41) is 8.45. The lowest BCUT2D eigenvalue weighted by molar-refractivity contribution is 0.0980. The molecule has 0 saturated carbocycles. The van der Waals surface area contributed by atoms with Crippen molar-refractivity contribution in [3.05, 3.63) is 46.5 Å². The second kappa shape index (κ2) is 7.91. The van der Waals surface area contributed by atoms with Gasteiger partial charge in [0.25, 0.3) is 0 Å². The standard InChI is InChI=1S/C20H24N4O2/c1-5-16(25)18-11(3)9-13(10-12(18)4)23-24-15-8-7-14(21)20(22)19(15)17(26)6-2/h7-10H,5-6,21-22H2,1-4H3. The number of benzene rings is 2. The van der Waals surface area contributed by atoms with E-state index in [4.69, 9.17) is 11.5 Å². The van der Waals surface area contributed by atoms with Crippen LogP contribution >= 0.6 is 0 Å². The molecule has 6 heteroatoms. The molecule has 6 nitrogen and oxygen atoms in total. The molecule has 136 valence electrons. The third kappa shape index (κ3) is 3.79. The quantitative estimate of drug-likeness (QED) is 0.429. The lowest BCUT2D eigenvalue weighted by atomic mass is 9.97. The zero-order valence-corrected chi connectivity index (χ0v) is 15.6. The van der Waals surface area contributed by atoms with Crippen LogP contribution in [0.2, 0.25) is 0 Å². The van der Waals surface area contributed by atoms with Gasteiger partial charge in [-0.3, -0.25) is 9.59 Å². The predicted octanol–water partition coefficient (Wildman–Crippen LogP) is 5.07. The molecule has 0 radical (unpaired) electrons. The molecular weight excluding hydrogens is 328 g/mol. The number of carbonyl (C=O) groups is 2. The van der Waals surface area contributed by atoms with Crippen LogP contribution in [0, 0.1) is 13.8 Å². The lowest BCUT2D eigenvalue weighted by Gasteiger charge is -2.10. The van der Waals surface area contributed by atoms with E-state index in [0.29, 0.717) is 35.5 Å². The van der Waals surface area contributed by atoms with Crippen molar-refractivity contribution in [2.75, 3.05) is 11.5 Å². The third-order valence-corrected chi connectivity index (χ3v) is 4.25. The molecule has 2 aromatic carbocycles. The highest BCUT2D eigenvalue weighted by Crippen LogP contribution is 2.33. The van der Waals surface area contributed by atoms with E-state index >= 15 is 0 Å². The van der Waals surface area contributed by atoms with Crippen molar-refractivity contribution in [2.45, 2.75) is 40.5 Å². The number of nitrogens with two attached hydrogens (primary N) is 2. The van der Waals surface area contributed by atoms with Crippen LogP contribution < -0.4 is 11.5 Å². The van der Waals surface area contributed by atoms with Gasteiger partial charge in [-0.25, -0.2) is 0 Å². The van der Waals surface area contributed by atoms with Crippen molar-refractivity contribution in [1.29, 1.82) is 0 Å². The molecule has 2 aromatic rings. The first-order valence-electron chi connectivity index (χ1n) is 8.57. The van der Waals surface area contributed by atoms with Crippen LogP contribution in [0.15, 0.2) is 34.5 Å². The van der Waals surface area contributed by atoms with Gasteiger partial charge in [-0.05, 0) is 49.2 Å². The molecule has 0 aromatic heterocycles. The monoisotopic (exact) mass is 352 g/mol. The summed E-state index contributed by atoms with van der Waals surface area (Å²) in [5.41, 5.74) is 16.1. The first-order chi connectivity index (χ1) is 12.3. The molecule has 0 atom stereocenters. The highest BCUT2D eigenvalue weighted by atomic mass is 16.1. The summed E-state index contributed by atoms with van der Waals surface area (Å²) >= 11 is 0. The summed E-state index contributed by atoms with van der Waals surface area (Å²) in [5.74, 6) is -0.0365. The SMILES string of the molecule is CCC(=O)c1c(C)cc(N=Nc2ccc(N)c(N)c2C(=O)CC)cc1C. The Morgan fingerprint density at radius 2 is 1.42 bits per heavy atom. The molecule has 0 aliphatic rings. The van der Waals surface area contributed by atoms with Crippen LogP contribution in [0.4, 0.5) is 22.7 Å². The van der Waals surface area contributed by atoms with Crippen LogP contribution in [0.1, 0.15) is 58.5 Å². The first-order valence-corrected chi connectivity index (χ1v) is 8.57. The molecule has 0 fully saturated rings. The van der Waals surface area contributed by atoms with Crippen molar-refractivity contribution >= 4 is 34.3 Å². The molecule has 0 amide bonds. The number of nitrogens with zero attached hydrogens (tertiary/aromatic N) is 2. The fraction of sp³-hybridized carbons (Fsp3) is 0.300. The van der Waals surface area contributed by atoms with Gasteiger partial charge in [0.2, 0.25) is 0 Å². The summed E-state index contributed by atoms with van der Waals surface area (Å²) in [6.07, 6.45) is 0.748. The molecule has 0 aliphatic carbocycles. The van der Waals surface area contributed by atoms with E-state index in [-0.39, 0.29) is 17.3 Å². The molecule has 26 heavy (non-hydrogen) atoms. The second-order valence-corrected chi connectivity index (χ2v) is 6.17. The van der Waals surface area contributed by atoms with Gasteiger partial charge in [0.05, 0.1) is 28.3 Å². The minimum Gasteiger partial charge on any atom is -0.397 e. The number of rotatable bonds is 6. The molecule has 0 aliphatic heterocycles. The van der Waals surface area contributed by atoms with Gasteiger partial charge in [0.1, 0.15) is 0 Å². The average molecular weight is 352 g/mol. The number of hydrogen-bond donors (Lipinski definition) is 2. The van der Waals surface area contributed by atoms with Gasteiger partial charge >= 0.3 is 0 Å². The summed E-state index contributed by atoms with van der Waals surface area (Å²) in [4.78, 5) is 24.3. The zero-order chi connectivity index (χ0) is 19.4. The van der Waals surface area contributed by atoms with Gasteiger partial charge in [-0.2, -0.15) is 5.11 Å². The Hall–Kier alpha value is -3.02. The summed E-state index contributed by atoms with van der Waals surface area (Å²) in [6.45, 7) is 7.35. The molecule has 0 heterocycles. The van der Waals surface area contributed by atoms with Gasteiger partial charge in [-0.1, -0.05) is 13.8 Å². The summed E-state index contributed by atoms with van der Waals surface area (Å²) in [7, 11) is 0. The topological polar surface area (TPSA) is 111 Å². The van der Waals surface area contributed by atoms with E-state index in [0.717, 1.165) is 16.7 Å². The van der Waals surface area contributed by atoms with Gasteiger partial charge < -0.3 is 11.5 Å². The van der Waals surface area contributed by atoms with Crippen molar-refractivity contribution in [1.82, 2.24) is 0 Å². The maximum Gasteiger partial charge on any atom is 0.166 e. The highest BCUT2D eigenvalue weighted by Gasteiger charge is 2.16. The van der Waals surface area contributed by atoms with E-state index in [9.17, 15) is 9.59 Å². The van der Waals surface area contributed by atoms with Crippen LogP contribution in [-0.2, 0) is 0 Å². The maximum absolute atomic E-state index is 12.2.